The summed E-state index contributed by atoms with van der Waals surface area (Å²) in [5.74, 6) is 2.31. The third-order valence-corrected chi connectivity index (χ3v) is 3.05. The van der Waals surface area contributed by atoms with E-state index in [0.29, 0.717) is 0 Å². The van der Waals surface area contributed by atoms with E-state index in [0.717, 1.165) is 37.0 Å². The summed E-state index contributed by atoms with van der Waals surface area (Å²) in [6.45, 7) is 5.36. The van der Waals surface area contributed by atoms with Crippen LogP contribution in [0.5, 0.6) is 0 Å². The largest absolute Gasteiger partial charge is 0.369 e. The van der Waals surface area contributed by atoms with Gasteiger partial charge in [-0.1, -0.05) is 13.8 Å². The summed E-state index contributed by atoms with van der Waals surface area (Å²) in [6.07, 6.45) is 3.93. The Bertz CT molecular complexity index is 366. The average Bonchev–Trinajstić information content (AvgIpc) is 2.34. The molecule has 1 heterocycles. The van der Waals surface area contributed by atoms with Gasteiger partial charge in [0.05, 0.1) is 0 Å². The normalized spacial score (nSPS) is 11.4. The summed E-state index contributed by atoms with van der Waals surface area (Å²) in [5.41, 5.74) is 0.220. The lowest BCUT2D eigenvalue weighted by molar-refractivity contribution is 0.355. The molecule has 0 atom stereocenters. The van der Waals surface area contributed by atoms with Gasteiger partial charge in [-0.05, 0) is 24.3 Å². The summed E-state index contributed by atoms with van der Waals surface area (Å²) in [4.78, 5) is 10.5. The van der Waals surface area contributed by atoms with Crippen LogP contribution in [0.25, 0.3) is 0 Å². The minimum atomic E-state index is 0.220. The van der Waals surface area contributed by atoms with Gasteiger partial charge in [0, 0.05) is 32.7 Å². The zero-order valence-electron chi connectivity index (χ0n) is 11.7. The molecular weight excluding hydrogens is 248 g/mol. The molecule has 1 aromatic rings. The number of hydrogen-bond donors (Lipinski definition) is 1. The quantitative estimate of drug-likeness (QED) is 0.774. The van der Waals surface area contributed by atoms with E-state index in [1.807, 2.05) is 25.1 Å². The molecule has 0 radical (unpaired) electrons. The van der Waals surface area contributed by atoms with Crippen LogP contribution in [0.4, 0.5) is 11.8 Å². The minimum Gasteiger partial charge on any atom is -0.369 e. The summed E-state index contributed by atoms with van der Waals surface area (Å²) < 4.78 is 0. The van der Waals surface area contributed by atoms with E-state index in [1.54, 1.807) is 6.20 Å². The van der Waals surface area contributed by atoms with Gasteiger partial charge in [0.15, 0.2) is 0 Å². The third-order valence-electron chi connectivity index (χ3n) is 2.78. The second kappa shape index (κ2) is 6.78. The van der Waals surface area contributed by atoms with Crippen molar-refractivity contribution in [2.24, 2.45) is 5.41 Å². The van der Waals surface area contributed by atoms with Crippen molar-refractivity contribution in [1.29, 1.82) is 0 Å². The first-order valence-electron chi connectivity index (χ1n) is 6.25. The van der Waals surface area contributed by atoms with Gasteiger partial charge in [-0.3, -0.25) is 0 Å². The first-order valence-corrected chi connectivity index (χ1v) is 6.78. The Hall–Kier alpha value is -1.03. The Morgan fingerprint density at radius 3 is 2.72 bits per heavy atom. The van der Waals surface area contributed by atoms with Gasteiger partial charge >= 0.3 is 0 Å². The monoisotopic (exact) mass is 270 g/mol. The van der Waals surface area contributed by atoms with E-state index < -0.39 is 0 Å². The van der Waals surface area contributed by atoms with E-state index in [2.05, 4.69) is 29.1 Å². The fourth-order valence-corrected chi connectivity index (χ4v) is 1.76. The molecule has 0 fully saturated rings. The first kappa shape index (κ1) is 15.0. The Labute approximate surface area is 115 Å². The molecule has 1 N–H and O–H groups in total. The van der Waals surface area contributed by atoms with Crippen molar-refractivity contribution in [3.8, 4) is 0 Å². The smallest absolute Gasteiger partial charge is 0.226 e. The molecule has 0 spiro atoms. The number of alkyl halides is 1. The zero-order valence-corrected chi connectivity index (χ0v) is 12.5. The van der Waals surface area contributed by atoms with Crippen LogP contribution in [0, 0.1) is 5.41 Å². The van der Waals surface area contributed by atoms with E-state index in [4.69, 9.17) is 11.6 Å². The maximum atomic E-state index is 5.73. The van der Waals surface area contributed by atoms with E-state index in [9.17, 15) is 0 Å². The molecule has 0 aliphatic rings. The predicted octanol–water partition coefficient (Wildman–Crippen LogP) is 3.00. The highest BCUT2D eigenvalue weighted by atomic mass is 35.5. The highest BCUT2D eigenvalue weighted by Crippen LogP contribution is 2.23. The first-order chi connectivity index (χ1) is 8.44. The molecule has 0 amide bonds. The van der Waals surface area contributed by atoms with Crippen molar-refractivity contribution < 1.29 is 0 Å². The van der Waals surface area contributed by atoms with Crippen LogP contribution in [0.1, 0.15) is 26.7 Å². The third kappa shape index (κ3) is 5.08. The summed E-state index contributed by atoms with van der Waals surface area (Å²) in [6, 6.07) is 1.89. The summed E-state index contributed by atoms with van der Waals surface area (Å²) in [5, 5.41) is 3.37. The highest BCUT2D eigenvalue weighted by Gasteiger charge is 2.17. The summed E-state index contributed by atoms with van der Waals surface area (Å²) in [7, 11) is 3.87. The zero-order chi connectivity index (χ0) is 13.6. The second-order valence-electron chi connectivity index (χ2n) is 5.45. The molecule has 18 heavy (non-hydrogen) atoms. The van der Waals surface area contributed by atoms with Gasteiger partial charge < -0.3 is 10.2 Å². The number of anilines is 2. The van der Waals surface area contributed by atoms with Gasteiger partial charge in [-0.15, -0.1) is 11.6 Å². The van der Waals surface area contributed by atoms with Crippen LogP contribution in [0.3, 0.4) is 0 Å². The van der Waals surface area contributed by atoms with Crippen molar-refractivity contribution in [3.63, 3.8) is 0 Å². The van der Waals surface area contributed by atoms with Crippen LogP contribution < -0.4 is 10.2 Å². The minimum absolute atomic E-state index is 0.220. The number of rotatable bonds is 7. The fourth-order valence-electron chi connectivity index (χ4n) is 1.63. The molecule has 0 unspecified atom stereocenters. The predicted molar refractivity (Wildman–Crippen MR) is 78.6 cm³/mol. The lowest BCUT2D eigenvalue weighted by atomic mass is 9.88. The summed E-state index contributed by atoms with van der Waals surface area (Å²) >= 11 is 5.73. The lowest BCUT2D eigenvalue weighted by Gasteiger charge is -2.25. The Balaban J connectivity index is 2.55. The van der Waals surface area contributed by atoms with Crippen molar-refractivity contribution in [3.05, 3.63) is 12.3 Å². The molecule has 0 aliphatic heterocycles. The molecular formula is C13H23ClN4. The molecule has 0 saturated carbocycles. The second-order valence-corrected chi connectivity index (χ2v) is 5.82. The molecule has 0 aliphatic carbocycles. The van der Waals surface area contributed by atoms with Gasteiger partial charge in [0.1, 0.15) is 5.82 Å². The van der Waals surface area contributed by atoms with Crippen molar-refractivity contribution >= 4 is 23.4 Å². The maximum Gasteiger partial charge on any atom is 0.226 e. The van der Waals surface area contributed by atoms with Gasteiger partial charge in [0.2, 0.25) is 5.95 Å². The molecule has 4 nitrogen and oxygen atoms in total. The molecule has 1 rings (SSSR count). The molecule has 102 valence electrons. The lowest BCUT2D eigenvalue weighted by Crippen LogP contribution is -2.24. The number of halogens is 1. The Kier molecular flexibility index (Phi) is 5.66. The van der Waals surface area contributed by atoms with Crippen molar-refractivity contribution in [2.45, 2.75) is 26.7 Å². The van der Waals surface area contributed by atoms with Crippen LogP contribution in [0.2, 0.25) is 0 Å². The topological polar surface area (TPSA) is 41.1 Å². The molecule has 5 heteroatoms. The van der Waals surface area contributed by atoms with Gasteiger partial charge in [-0.25, -0.2) is 4.98 Å². The van der Waals surface area contributed by atoms with E-state index in [-0.39, 0.29) is 5.41 Å². The van der Waals surface area contributed by atoms with Crippen molar-refractivity contribution in [1.82, 2.24) is 9.97 Å². The fraction of sp³-hybridized carbons (Fsp3) is 0.692. The van der Waals surface area contributed by atoms with E-state index >= 15 is 0 Å². The number of aromatic nitrogens is 2. The molecule has 1 aromatic heterocycles. The Morgan fingerprint density at radius 1 is 1.39 bits per heavy atom. The molecule has 0 aromatic carbocycles. The SMILES string of the molecule is CN(C)c1nccc(NCC(C)(C)CCCCl)n1. The van der Waals surface area contributed by atoms with Crippen LogP contribution >= 0.6 is 11.6 Å². The van der Waals surface area contributed by atoms with E-state index in [1.165, 1.54) is 0 Å². The number of nitrogens with zero attached hydrogens (tertiary/aromatic N) is 3. The Morgan fingerprint density at radius 2 is 2.11 bits per heavy atom. The van der Waals surface area contributed by atoms with Gasteiger partial charge in [0.25, 0.3) is 0 Å². The maximum absolute atomic E-state index is 5.73. The average molecular weight is 271 g/mol. The standard InChI is InChI=1S/C13H23ClN4/c1-13(2,7-5-8-14)10-16-11-6-9-15-12(17-11)18(3)4/h6,9H,5,7-8,10H2,1-4H3,(H,15,16,17). The number of nitrogens with one attached hydrogen (secondary N) is 1. The van der Waals surface area contributed by atoms with Crippen molar-refractivity contribution in [2.75, 3.05) is 36.7 Å². The van der Waals surface area contributed by atoms with Crippen LogP contribution in [-0.4, -0.2) is 36.5 Å². The highest BCUT2D eigenvalue weighted by molar-refractivity contribution is 6.17. The van der Waals surface area contributed by atoms with Crippen LogP contribution in [-0.2, 0) is 0 Å². The number of hydrogen-bond acceptors (Lipinski definition) is 4. The van der Waals surface area contributed by atoms with Gasteiger partial charge in [-0.2, -0.15) is 4.98 Å². The molecule has 0 bridgehead atoms. The molecule has 0 saturated heterocycles. The van der Waals surface area contributed by atoms with Crippen LogP contribution in [0.15, 0.2) is 12.3 Å².